The van der Waals surface area contributed by atoms with Crippen molar-refractivity contribution in [2.45, 2.75) is 31.7 Å². The Labute approximate surface area is 172 Å². The molecule has 0 aliphatic heterocycles. The number of carbonyl (C=O) groups excluding carboxylic acids is 2. The fourth-order valence-electron chi connectivity index (χ4n) is 3.57. The molecule has 1 saturated carbocycles. The Morgan fingerprint density at radius 3 is 2.34 bits per heavy atom. The molecule has 1 aromatic carbocycles. The third-order valence-electron chi connectivity index (χ3n) is 5.34. The summed E-state index contributed by atoms with van der Waals surface area (Å²) in [6, 6.07) is 9.75. The highest BCUT2D eigenvalue weighted by atomic mass is 32.1. The van der Waals surface area contributed by atoms with E-state index >= 15 is 0 Å². The zero-order valence-electron chi connectivity index (χ0n) is 15.8. The van der Waals surface area contributed by atoms with Crippen molar-refractivity contribution in [3.63, 3.8) is 0 Å². The topological polar surface area (TPSA) is 95.5 Å². The van der Waals surface area contributed by atoms with E-state index in [9.17, 15) is 19.5 Å². The van der Waals surface area contributed by atoms with Crippen molar-refractivity contribution in [1.29, 1.82) is 0 Å². The van der Waals surface area contributed by atoms with E-state index in [0.29, 0.717) is 23.4 Å². The Bertz CT molecular complexity index is 962. The van der Waals surface area contributed by atoms with E-state index in [0.717, 1.165) is 24.0 Å². The molecule has 0 radical (unpaired) electrons. The van der Waals surface area contributed by atoms with Crippen molar-refractivity contribution < 1.29 is 19.5 Å². The lowest BCUT2D eigenvalue weighted by atomic mass is 9.82. The summed E-state index contributed by atoms with van der Waals surface area (Å²) in [5.74, 6) is -2.95. The van der Waals surface area contributed by atoms with Gasteiger partial charge in [-0.3, -0.25) is 14.4 Å². The van der Waals surface area contributed by atoms with Gasteiger partial charge < -0.3 is 15.7 Å². The SMILES string of the molecule is O=C(NC1CC1)c1c(-c2ccccc2)csc1NC(=O)[C@H]1CC=CC[C@@H]1C(=O)O. The maximum absolute atomic E-state index is 12.9. The van der Waals surface area contributed by atoms with E-state index in [4.69, 9.17) is 0 Å². The first-order chi connectivity index (χ1) is 14.0. The van der Waals surface area contributed by atoms with Gasteiger partial charge in [-0.05, 0) is 31.2 Å². The quantitative estimate of drug-likeness (QED) is 0.629. The van der Waals surface area contributed by atoms with E-state index in [2.05, 4.69) is 10.6 Å². The second-order valence-corrected chi connectivity index (χ2v) is 8.33. The molecule has 1 aromatic heterocycles. The van der Waals surface area contributed by atoms with Crippen molar-refractivity contribution in [2.24, 2.45) is 11.8 Å². The third-order valence-corrected chi connectivity index (χ3v) is 6.23. The standard InChI is InChI=1S/C22H22N2O4S/c25-19(15-8-4-5-9-16(15)22(27)28)24-21-18(20(26)23-14-10-11-14)17(12-29-21)13-6-2-1-3-7-13/h1-7,12,14-16H,8-11H2,(H,23,26)(H,24,25)(H,27,28)/t15-,16-/m0/s1. The van der Waals surface area contributed by atoms with E-state index in [1.165, 1.54) is 11.3 Å². The molecule has 2 aliphatic carbocycles. The number of carboxylic acids is 1. The lowest BCUT2D eigenvalue weighted by Crippen LogP contribution is -2.35. The van der Waals surface area contributed by atoms with Gasteiger partial charge in [0.05, 0.1) is 17.4 Å². The maximum Gasteiger partial charge on any atom is 0.307 e. The summed E-state index contributed by atoms with van der Waals surface area (Å²) in [5, 5.41) is 17.6. The number of rotatable bonds is 6. The molecule has 2 amide bonds. The van der Waals surface area contributed by atoms with Gasteiger partial charge in [0.2, 0.25) is 5.91 Å². The van der Waals surface area contributed by atoms with Crippen LogP contribution in [-0.2, 0) is 9.59 Å². The number of amides is 2. The normalized spacial score (nSPS) is 20.8. The minimum Gasteiger partial charge on any atom is -0.481 e. The fraction of sp³-hybridized carbons (Fsp3) is 0.318. The van der Waals surface area contributed by atoms with Gasteiger partial charge in [0.15, 0.2) is 0 Å². The summed E-state index contributed by atoms with van der Waals surface area (Å²) in [4.78, 5) is 37.4. The monoisotopic (exact) mass is 410 g/mol. The number of hydrogen-bond donors (Lipinski definition) is 3. The highest BCUT2D eigenvalue weighted by Gasteiger charge is 2.35. The minimum absolute atomic E-state index is 0.189. The van der Waals surface area contributed by atoms with Crippen molar-refractivity contribution in [3.05, 3.63) is 53.4 Å². The summed E-state index contributed by atoms with van der Waals surface area (Å²) in [7, 11) is 0. The van der Waals surface area contributed by atoms with Gasteiger partial charge in [-0.15, -0.1) is 11.3 Å². The second-order valence-electron chi connectivity index (χ2n) is 7.45. The average molecular weight is 410 g/mol. The molecule has 6 nitrogen and oxygen atoms in total. The predicted octanol–water partition coefficient (Wildman–Crippen LogP) is 3.91. The molecule has 150 valence electrons. The van der Waals surface area contributed by atoms with Crippen LogP contribution < -0.4 is 10.6 Å². The minimum atomic E-state index is -0.975. The Morgan fingerprint density at radius 2 is 1.69 bits per heavy atom. The van der Waals surface area contributed by atoms with E-state index in [1.807, 2.05) is 41.8 Å². The summed E-state index contributed by atoms with van der Waals surface area (Å²) in [6.45, 7) is 0. The van der Waals surface area contributed by atoms with Crippen LogP contribution in [0.3, 0.4) is 0 Å². The summed E-state index contributed by atoms with van der Waals surface area (Å²) in [5.41, 5.74) is 2.11. The Kier molecular flexibility index (Phi) is 5.49. The number of anilines is 1. The molecule has 0 saturated heterocycles. The first-order valence-corrected chi connectivity index (χ1v) is 10.6. The molecular weight excluding hydrogens is 388 g/mol. The Morgan fingerprint density at radius 1 is 1.00 bits per heavy atom. The molecule has 2 aliphatic rings. The summed E-state index contributed by atoms with van der Waals surface area (Å²) >= 11 is 1.29. The van der Waals surface area contributed by atoms with Crippen LogP contribution in [0.2, 0.25) is 0 Å². The number of allylic oxidation sites excluding steroid dienone is 2. The molecule has 2 aromatic rings. The zero-order valence-corrected chi connectivity index (χ0v) is 16.6. The smallest absolute Gasteiger partial charge is 0.307 e. The molecule has 0 unspecified atom stereocenters. The van der Waals surface area contributed by atoms with Crippen molar-refractivity contribution in [2.75, 3.05) is 5.32 Å². The van der Waals surface area contributed by atoms with Crippen LogP contribution in [0.5, 0.6) is 0 Å². The average Bonchev–Trinajstić information content (AvgIpc) is 3.45. The Hall–Kier alpha value is -2.93. The summed E-state index contributed by atoms with van der Waals surface area (Å²) < 4.78 is 0. The van der Waals surface area contributed by atoms with Crippen LogP contribution in [0.15, 0.2) is 47.9 Å². The molecule has 2 atom stereocenters. The van der Waals surface area contributed by atoms with E-state index in [1.54, 1.807) is 6.08 Å². The van der Waals surface area contributed by atoms with Gasteiger partial charge in [0.1, 0.15) is 5.00 Å². The third kappa shape index (κ3) is 4.24. The largest absolute Gasteiger partial charge is 0.481 e. The Balaban J connectivity index is 1.63. The van der Waals surface area contributed by atoms with Crippen LogP contribution >= 0.6 is 11.3 Å². The van der Waals surface area contributed by atoms with Crippen LogP contribution in [0.25, 0.3) is 11.1 Å². The first kappa shape index (κ1) is 19.4. The molecule has 0 bridgehead atoms. The van der Waals surface area contributed by atoms with Gasteiger partial charge in [-0.25, -0.2) is 0 Å². The van der Waals surface area contributed by atoms with Gasteiger partial charge in [0, 0.05) is 17.0 Å². The lowest BCUT2D eigenvalue weighted by molar-refractivity contribution is -0.146. The fourth-order valence-corrected chi connectivity index (χ4v) is 4.54. The number of carboxylic acid groups (broad SMARTS) is 1. The maximum atomic E-state index is 12.9. The van der Waals surface area contributed by atoms with Crippen LogP contribution in [0, 0.1) is 11.8 Å². The van der Waals surface area contributed by atoms with E-state index in [-0.39, 0.29) is 17.9 Å². The number of hydrogen-bond acceptors (Lipinski definition) is 4. The van der Waals surface area contributed by atoms with Gasteiger partial charge >= 0.3 is 5.97 Å². The molecule has 3 N–H and O–H groups in total. The number of thiophene rings is 1. The summed E-state index contributed by atoms with van der Waals surface area (Å²) in [6.07, 6.45) is 6.29. The second kappa shape index (κ2) is 8.21. The zero-order chi connectivity index (χ0) is 20.4. The molecule has 0 spiro atoms. The number of benzene rings is 1. The number of nitrogens with one attached hydrogen (secondary N) is 2. The number of aliphatic carboxylic acids is 1. The van der Waals surface area contributed by atoms with Crippen molar-refractivity contribution in [3.8, 4) is 11.1 Å². The molecule has 7 heteroatoms. The van der Waals surface area contributed by atoms with Crippen LogP contribution in [0.4, 0.5) is 5.00 Å². The lowest BCUT2D eigenvalue weighted by Gasteiger charge is -2.24. The van der Waals surface area contributed by atoms with Crippen molar-refractivity contribution in [1.82, 2.24) is 5.32 Å². The first-order valence-electron chi connectivity index (χ1n) is 9.71. The highest BCUT2D eigenvalue weighted by molar-refractivity contribution is 7.15. The number of carbonyl (C=O) groups is 3. The molecule has 29 heavy (non-hydrogen) atoms. The van der Waals surface area contributed by atoms with Crippen molar-refractivity contribution >= 4 is 34.1 Å². The van der Waals surface area contributed by atoms with Crippen LogP contribution in [-0.4, -0.2) is 28.9 Å². The molecular formula is C22H22N2O4S. The van der Waals surface area contributed by atoms with Crippen LogP contribution in [0.1, 0.15) is 36.0 Å². The van der Waals surface area contributed by atoms with Gasteiger partial charge in [0.25, 0.3) is 5.91 Å². The predicted molar refractivity (Wildman–Crippen MR) is 112 cm³/mol. The highest BCUT2D eigenvalue weighted by Crippen LogP contribution is 2.37. The van der Waals surface area contributed by atoms with Gasteiger partial charge in [-0.1, -0.05) is 42.5 Å². The molecule has 1 heterocycles. The molecule has 4 rings (SSSR count). The molecule has 1 fully saturated rings. The van der Waals surface area contributed by atoms with E-state index < -0.39 is 17.8 Å². The van der Waals surface area contributed by atoms with Gasteiger partial charge in [-0.2, -0.15) is 0 Å².